The monoisotopic (exact) mass is 369 g/mol. The van der Waals surface area contributed by atoms with Crippen LogP contribution in [-0.2, 0) is 6.61 Å². The zero-order chi connectivity index (χ0) is 19.0. The summed E-state index contributed by atoms with van der Waals surface area (Å²) in [5, 5.41) is 23.8. The summed E-state index contributed by atoms with van der Waals surface area (Å²) >= 11 is 0. The van der Waals surface area contributed by atoms with Crippen molar-refractivity contribution in [2.24, 2.45) is 0 Å². The molecule has 2 heterocycles. The Morgan fingerprint density at radius 3 is 2.74 bits per heavy atom. The number of benzene rings is 2. The maximum atomic E-state index is 13.6. The normalized spacial score (nSPS) is 17.4. The van der Waals surface area contributed by atoms with Crippen molar-refractivity contribution in [1.82, 2.24) is 14.7 Å². The molecular formula is C20H20FN3O3. The van der Waals surface area contributed by atoms with Crippen LogP contribution in [0.25, 0.3) is 16.6 Å². The fraction of sp³-hybridized carbons (Fsp3) is 0.300. The predicted molar refractivity (Wildman–Crippen MR) is 98.5 cm³/mol. The lowest BCUT2D eigenvalue weighted by molar-refractivity contribution is 0.130. The smallest absolute Gasteiger partial charge is 0.407 e. The van der Waals surface area contributed by atoms with Crippen LogP contribution in [0.4, 0.5) is 9.18 Å². The molecule has 4 rings (SSSR count). The average molecular weight is 369 g/mol. The zero-order valence-electron chi connectivity index (χ0n) is 14.7. The summed E-state index contributed by atoms with van der Waals surface area (Å²) in [6.45, 7) is 0.855. The third kappa shape index (κ3) is 3.38. The van der Waals surface area contributed by atoms with Crippen LogP contribution >= 0.6 is 0 Å². The van der Waals surface area contributed by atoms with Gasteiger partial charge in [0, 0.05) is 36.7 Å². The van der Waals surface area contributed by atoms with Gasteiger partial charge in [0.15, 0.2) is 0 Å². The maximum absolute atomic E-state index is 13.6. The fourth-order valence-corrected chi connectivity index (χ4v) is 3.74. The van der Waals surface area contributed by atoms with Gasteiger partial charge in [-0.15, -0.1) is 0 Å². The van der Waals surface area contributed by atoms with Gasteiger partial charge in [0.1, 0.15) is 5.82 Å². The molecular weight excluding hydrogens is 349 g/mol. The first-order valence-electron chi connectivity index (χ1n) is 8.92. The Morgan fingerprint density at radius 2 is 2.04 bits per heavy atom. The van der Waals surface area contributed by atoms with Crippen molar-refractivity contribution >= 4 is 17.0 Å². The number of carbonyl (C=O) groups is 1. The quantitative estimate of drug-likeness (QED) is 0.740. The molecule has 0 saturated carbocycles. The molecule has 0 bridgehead atoms. The van der Waals surface area contributed by atoms with Crippen molar-refractivity contribution in [3.05, 3.63) is 59.5 Å². The van der Waals surface area contributed by atoms with Crippen molar-refractivity contribution in [2.75, 3.05) is 13.1 Å². The Balaban J connectivity index is 1.61. The lowest BCUT2D eigenvalue weighted by Crippen LogP contribution is -2.38. The van der Waals surface area contributed by atoms with Crippen LogP contribution < -0.4 is 0 Å². The van der Waals surface area contributed by atoms with E-state index < -0.39 is 11.9 Å². The predicted octanol–water partition coefficient (Wildman–Crippen LogP) is 3.51. The second-order valence-corrected chi connectivity index (χ2v) is 6.89. The van der Waals surface area contributed by atoms with Gasteiger partial charge in [-0.25, -0.2) is 13.9 Å². The summed E-state index contributed by atoms with van der Waals surface area (Å²) in [5.41, 5.74) is 2.92. The molecule has 1 amide bonds. The Morgan fingerprint density at radius 1 is 1.26 bits per heavy atom. The lowest BCUT2D eigenvalue weighted by Gasteiger charge is -2.31. The van der Waals surface area contributed by atoms with Crippen LogP contribution in [-0.4, -0.2) is 44.1 Å². The van der Waals surface area contributed by atoms with Gasteiger partial charge in [0.25, 0.3) is 0 Å². The highest BCUT2D eigenvalue weighted by Crippen LogP contribution is 2.28. The average Bonchev–Trinajstić information content (AvgIpc) is 3.11. The first-order valence-corrected chi connectivity index (χ1v) is 8.92. The van der Waals surface area contributed by atoms with Crippen molar-refractivity contribution in [3.8, 4) is 5.69 Å². The first kappa shape index (κ1) is 17.5. The van der Waals surface area contributed by atoms with Crippen molar-refractivity contribution in [2.45, 2.75) is 25.4 Å². The van der Waals surface area contributed by atoms with Crippen LogP contribution in [0.5, 0.6) is 0 Å². The van der Waals surface area contributed by atoms with Gasteiger partial charge >= 0.3 is 6.09 Å². The van der Waals surface area contributed by atoms with E-state index in [-0.39, 0.29) is 12.5 Å². The molecule has 27 heavy (non-hydrogen) atoms. The Kier molecular flexibility index (Phi) is 4.53. The second kappa shape index (κ2) is 7.00. The van der Waals surface area contributed by atoms with Gasteiger partial charge < -0.3 is 15.1 Å². The summed E-state index contributed by atoms with van der Waals surface area (Å²) in [6, 6.07) is 10.5. The number of carboxylic acid groups (broad SMARTS) is 1. The minimum atomic E-state index is -0.869. The fourth-order valence-electron chi connectivity index (χ4n) is 3.74. The van der Waals surface area contributed by atoms with Gasteiger partial charge in [-0.1, -0.05) is 12.1 Å². The molecule has 1 aliphatic rings. The Labute approximate surface area is 155 Å². The molecule has 1 aliphatic heterocycles. The van der Waals surface area contributed by atoms with E-state index in [1.165, 1.54) is 17.0 Å². The Hall–Kier alpha value is -2.93. The molecule has 1 fully saturated rings. The molecule has 1 atom stereocenters. The SMILES string of the molecule is O=C(O)N1CCCC(c2ccc(-n3cc4c(CO)cc(F)cc4n3)cc2)C1. The molecule has 1 aromatic heterocycles. The molecule has 3 aromatic rings. The highest BCUT2D eigenvalue weighted by molar-refractivity contribution is 5.82. The molecule has 7 heteroatoms. The molecule has 2 aromatic carbocycles. The number of rotatable bonds is 3. The lowest BCUT2D eigenvalue weighted by atomic mass is 9.91. The van der Waals surface area contributed by atoms with Crippen molar-refractivity contribution in [1.29, 1.82) is 0 Å². The van der Waals surface area contributed by atoms with Gasteiger partial charge in [-0.2, -0.15) is 5.10 Å². The summed E-state index contributed by atoms with van der Waals surface area (Å²) in [7, 11) is 0. The summed E-state index contributed by atoms with van der Waals surface area (Å²) < 4.78 is 15.3. The number of hydrogen-bond donors (Lipinski definition) is 2. The van der Waals surface area contributed by atoms with E-state index in [0.717, 1.165) is 24.1 Å². The third-order valence-electron chi connectivity index (χ3n) is 5.17. The highest BCUT2D eigenvalue weighted by Gasteiger charge is 2.24. The second-order valence-electron chi connectivity index (χ2n) is 6.89. The summed E-state index contributed by atoms with van der Waals surface area (Å²) in [6.07, 6.45) is 2.74. The van der Waals surface area contributed by atoms with Gasteiger partial charge in [-0.3, -0.25) is 0 Å². The standard InChI is InChI=1S/C20H20FN3O3/c21-16-8-15(12-25)18-11-24(22-19(18)9-16)17-5-3-13(4-6-17)14-2-1-7-23(10-14)20(26)27/h3-6,8-9,11,14,25H,1-2,7,10,12H2,(H,26,27). The minimum absolute atomic E-state index is 0.190. The Bertz CT molecular complexity index is 984. The number of aromatic nitrogens is 2. The molecule has 0 spiro atoms. The topological polar surface area (TPSA) is 78.6 Å². The zero-order valence-corrected chi connectivity index (χ0v) is 14.7. The molecule has 0 aliphatic carbocycles. The van der Waals surface area contributed by atoms with Crippen LogP contribution in [0, 0.1) is 5.82 Å². The molecule has 2 N–H and O–H groups in total. The summed E-state index contributed by atoms with van der Waals surface area (Å²) in [5.74, 6) is -0.233. The summed E-state index contributed by atoms with van der Waals surface area (Å²) in [4.78, 5) is 12.7. The van der Waals surface area contributed by atoms with Crippen molar-refractivity contribution in [3.63, 3.8) is 0 Å². The van der Waals surface area contributed by atoms with Gasteiger partial charge in [-0.05, 0) is 42.2 Å². The van der Waals surface area contributed by atoms with E-state index >= 15 is 0 Å². The van der Waals surface area contributed by atoms with Crippen LogP contribution in [0.15, 0.2) is 42.6 Å². The van der Waals surface area contributed by atoms with E-state index in [4.69, 9.17) is 0 Å². The number of piperidine rings is 1. The van der Waals surface area contributed by atoms with E-state index in [9.17, 15) is 19.4 Å². The van der Waals surface area contributed by atoms with E-state index in [2.05, 4.69) is 5.10 Å². The number of likely N-dealkylation sites (tertiary alicyclic amines) is 1. The van der Waals surface area contributed by atoms with E-state index in [1.807, 2.05) is 24.3 Å². The molecule has 1 unspecified atom stereocenters. The molecule has 1 saturated heterocycles. The number of amides is 1. The van der Waals surface area contributed by atoms with E-state index in [0.29, 0.717) is 29.6 Å². The number of aliphatic hydroxyl groups excluding tert-OH is 1. The molecule has 140 valence electrons. The van der Waals surface area contributed by atoms with Crippen LogP contribution in [0.1, 0.15) is 29.9 Å². The molecule has 0 radical (unpaired) electrons. The number of hydrogen-bond acceptors (Lipinski definition) is 3. The number of fused-ring (bicyclic) bond motifs is 1. The highest BCUT2D eigenvalue weighted by atomic mass is 19.1. The number of halogens is 1. The number of nitrogens with zero attached hydrogens (tertiary/aromatic N) is 3. The van der Waals surface area contributed by atoms with Gasteiger partial charge in [0.05, 0.1) is 17.8 Å². The minimum Gasteiger partial charge on any atom is -0.465 e. The molecule has 6 nitrogen and oxygen atoms in total. The van der Waals surface area contributed by atoms with Crippen molar-refractivity contribution < 1.29 is 19.4 Å². The van der Waals surface area contributed by atoms with Crippen LogP contribution in [0.3, 0.4) is 0 Å². The third-order valence-corrected chi connectivity index (χ3v) is 5.17. The number of aliphatic hydroxyl groups is 1. The van der Waals surface area contributed by atoms with Crippen LogP contribution in [0.2, 0.25) is 0 Å². The first-order chi connectivity index (χ1) is 13.0. The van der Waals surface area contributed by atoms with E-state index in [1.54, 1.807) is 10.9 Å². The largest absolute Gasteiger partial charge is 0.465 e. The van der Waals surface area contributed by atoms with Gasteiger partial charge in [0.2, 0.25) is 0 Å². The maximum Gasteiger partial charge on any atom is 0.407 e.